The van der Waals surface area contributed by atoms with Gasteiger partial charge in [-0.3, -0.25) is 0 Å². The molecule has 2 heterocycles. The molecule has 34 heavy (non-hydrogen) atoms. The molecule has 0 bridgehead atoms. The smallest absolute Gasteiger partial charge is 0.207 e. The van der Waals surface area contributed by atoms with Gasteiger partial charge in [-0.25, -0.2) is 9.99 Å². The number of phenols is 1. The highest BCUT2D eigenvalue weighted by Gasteiger charge is 2.32. The molecule has 0 spiro atoms. The molecule has 1 atom stereocenters. The Hall–Kier alpha value is -3.15. The highest BCUT2D eigenvalue weighted by Crippen LogP contribution is 2.41. The molecule has 1 N–H and O–H groups in total. The molecule has 4 aromatic rings. The van der Waals surface area contributed by atoms with Crippen LogP contribution in [0, 0.1) is 0 Å². The number of thiazole rings is 1. The molecule has 170 valence electrons. The average Bonchev–Trinajstić information content (AvgIpc) is 3.53. The van der Waals surface area contributed by atoms with Crippen molar-refractivity contribution < 1.29 is 5.11 Å². The van der Waals surface area contributed by atoms with E-state index in [4.69, 9.17) is 21.7 Å². The fourth-order valence-corrected chi connectivity index (χ4v) is 5.91. The zero-order chi connectivity index (χ0) is 23.1. The number of nitrogens with zero attached hydrogens (tertiary/aromatic N) is 3. The van der Waals surface area contributed by atoms with Crippen molar-refractivity contribution in [2.24, 2.45) is 5.10 Å². The van der Waals surface area contributed by atoms with Crippen LogP contribution < -0.4 is 5.01 Å². The number of rotatable bonds is 4. The number of aryl methyl sites for hydroxylation is 2. The van der Waals surface area contributed by atoms with E-state index in [1.165, 1.54) is 52.9 Å². The van der Waals surface area contributed by atoms with Crippen LogP contribution in [0.1, 0.15) is 47.6 Å². The van der Waals surface area contributed by atoms with E-state index >= 15 is 0 Å². The first-order valence-corrected chi connectivity index (χ1v) is 12.9. The molecule has 0 saturated heterocycles. The van der Waals surface area contributed by atoms with Crippen LogP contribution >= 0.6 is 22.9 Å². The summed E-state index contributed by atoms with van der Waals surface area (Å²) >= 11 is 7.70. The fourth-order valence-electron chi connectivity index (χ4n) is 4.92. The van der Waals surface area contributed by atoms with Crippen molar-refractivity contribution in [2.75, 3.05) is 5.01 Å². The van der Waals surface area contributed by atoms with Gasteiger partial charge in [0, 0.05) is 22.4 Å². The lowest BCUT2D eigenvalue weighted by atomic mass is 9.89. The van der Waals surface area contributed by atoms with Gasteiger partial charge < -0.3 is 5.11 Å². The van der Waals surface area contributed by atoms with E-state index in [0.29, 0.717) is 16.3 Å². The number of halogens is 1. The summed E-state index contributed by atoms with van der Waals surface area (Å²) in [5.41, 5.74) is 7.78. The molecular formula is C28H24ClN3OS. The Balaban J connectivity index is 1.39. The van der Waals surface area contributed by atoms with E-state index in [1.54, 1.807) is 18.2 Å². The second kappa shape index (κ2) is 8.90. The minimum atomic E-state index is 0.0687. The van der Waals surface area contributed by atoms with Gasteiger partial charge in [0.25, 0.3) is 0 Å². The quantitative estimate of drug-likeness (QED) is 0.327. The highest BCUT2D eigenvalue weighted by molar-refractivity contribution is 7.14. The number of hydrogen-bond donors (Lipinski definition) is 1. The topological polar surface area (TPSA) is 48.7 Å². The van der Waals surface area contributed by atoms with Gasteiger partial charge in [-0.15, -0.1) is 11.3 Å². The third-order valence-electron chi connectivity index (χ3n) is 6.70. The molecule has 0 saturated carbocycles. The summed E-state index contributed by atoms with van der Waals surface area (Å²) in [6.07, 6.45) is 5.70. The summed E-state index contributed by atoms with van der Waals surface area (Å²) in [6, 6.07) is 22.4. The molecular weight excluding hydrogens is 462 g/mol. The van der Waals surface area contributed by atoms with Gasteiger partial charge in [0.2, 0.25) is 5.13 Å². The zero-order valence-electron chi connectivity index (χ0n) is 18.6. The van der Waals surface area contributed by atoms with Crippen molar-refractivity contribution in [3.8, 4) is 17.0 Å². The summed E-state index contributed by atoms with van der Waals surface area (Å²) in [4.78, 5) is 4.86. The second-order valence-electron chi connectivity index (χ2n) is 8.89. The lowest BCUT2D eigenvalue weighted by Crippen LogP contribution is -2.18. The monoisotopic (exact) mass is 485 g/mol. The Morgan fingerprint density at radius 1 is 0.941 bits per heavy atom. The second-order valence-corrected chi connectivity index (χ2v) is 10.2. The Morgan fingerprint density at radius 2 is 1.76 bits per heavy atom. The van der Waals surface area contributed by atoms with Crippen LogP contribution in [0.5, 0.6) is 5.75 Å². The lowest BCUT2D eigenvalue weighted by molar-refractivity contribution is 0.477. The summed E-state index contributed by atoms with van der Waals surface area (Å²) in [6.45, 7) is 0. The van der Waals surface area contributed by atoms with Crippen LogP contribution in [0.4, 0.5) is 5.13 Å². The third-order valence-corrected chi connectivity index (χ3v) is 7.76. The molecule has 1 aliphatic heterocycles. The number of benzene rings is 3. The first-order valence-electron chi connectivity index (χ1n) is 11.6. The Labute approximate surface area is 208 Å². The molecule has 6 heteroatoms. The van der Waals surface area contributed by atoms with E-state index in [9.17, 15) is 5.11 Å². The maximum absolute atomic E-state index is 10.3. The first kappa shape index (κ1) is 21.4. The number of phenolic OH excluding ortho intramolecular Hbond substituents is 1. The summed E-state index contributed by atoms with van der Waals surface area (Å²) < 4.78 is 0. The molecule has 0 radical (unpaired) electrons. The van der Waals surface area contributed by atoms with Crippen molar-refractivity contribution in [2.45, 2.75) is 38.1 Å². The predicted octanol–water partition coefficient (Wildman–Crippen LogP) is 7.40. The van der Waals surface area contributed by atoms with Crippen molar-refractivity contribution in [1.82, 2.24) is 4.98 Å². The minimum absolute atomic E-state index is 0.0687. The van der Waals surface area contributed by atoms with Crippen molar-refractivity contribution in [3.63, 3.8) is 0 Å². The van der Waals surface area contributed by atoms with Crippen LogP contribution in [-0.2, 0) is 12.8 Å². The average molecular weight is 486 g/mol. The minimum Gasteiger partial charge on any atom is -0.507 e. The first-order chi connectivity index (χ1) is 16.7. The molecule has 2 aliphatic rings. The zero-order valence-corrected chi connectivity index (χ0v) is 20.2. The van der Waals surface area contributed by atoms with E-state index in [1.807, 2.05) is 16.5 Å². The fraction of sp³-hybridized carbons (Fsp3) is 0.214. The standard InChI is InChI=1S/C28H24ClN3OS/c29-22-12-13-27(33)23(15-22)25-17-34-28(30-25)32-26(19-7-2-1-3-8-19)16-24(31-32)21-11-10-18-6-4-5-9-20(18)14-21/h1-3,7-8,10-15,17,26,33H,4-6,9,16H2/t26-/m1/s1. The van der Waals surface area contributed by atoms with Gasteiger partial charge in [-0.05, 0) is 72.2 Å². The van der Waals surface area contributed by atoms with Gasteiger partial charge in [0.1, 0.15) is 5.75 Å². The van der Waals surface area contributed by atoms with E-state index in [-0.39, 0.29) is 11.8 Å². The van der Waals surface area contributed by atoms with Crippen molar-refractivity contribution >= 4 is 33.8 Å². The molecule has 3 aromatic carbocycles. The number of hydrazone groups is 1. The maximum atomic E-state index is 10.3. The Kier molecular flexibility index (Phi) is 5.60. The van der Waals surface area contributed by atoms with Crippen LogP contribution in [0.2, 0.25) is 5.02 Å². The summed E-state index contributed by atoms with van der Waals surface area (Å²) in [5.74, 6) is 0.167. The van der Waals surface area contributed by atoms with Gasteiger partial charge in [-0.1, -0.05) is 54.1 Å². The summed E-state index contributed by atoms with van der Waals surface area (Å²) in [7, 11) is 0. The number of aromatic hydroxyl groups is 1. The van der Waals surface area contributed by atoms with E-state index in [2.05, 4.69) is 42.5 Å². The van der Waals surface area contributed by atoms with Crippen LogP contribution in [0.25, 0.3) is 11.3 Å². The summed E-state index contributed by atoms with van der Waals surface area (Å²) in [5, 5.41) is 20.8. The molecule has 4 nitrogen and oxygen atoms in total. The van der Waals surface area contributed by atoms with E-state index < -0.39 is 0 Å². The van der Waals surface area contributed by atoms with Gasteiger partial charge in [-0.2, -0.15) is 5.10 Å². The third kappa shape index (κ3) is 3.99. The highest BCUT2D eigenvalue weighted by atomic mass is 35.5. The number of aromatic nitrogens is 1. The number of anilines is 1. The molecule has 0 fully saturated rings. The van der Waals surface area contributed by atoms with Crippen molar-refractivity contribution in [3.05, 3.63) is 99.4 Å². The van der Waals surface area contributed by atoms with E-state index in [0.717, 1.165) is 23.7 Å². The molecule has 0 unspecified atom stereocenters. The Morgan fingerprint density at radius 3 is 2.62 bits per heavy atom. The van der Waals surface area contributed by atoms with Crippen LogP contribution in [0.15, 0.2) is 77.2 Å². The number of hydrogen-bond acceptors (Lipinski definition) is 5. The van der Waals surface area contributed by atoms with Gasteiger partial charge in [0.15, 0.2) is 0 Å². The maximum Gasteiger partial charge on any atom is 0.207 e. The molecule has 6 rings (SSSR count). The molecule has 1 aliphatic carbocycles. The van der Waals surface area contributed by atoms with Gasteiger partial charge >= 0.3 is 0 Å². The van der Waals surface area contributed by atoms with Crippen LogP contribution in [0.3, 0.4) is 0 Å². The van der Waals surface area contributed by atoms with Gasteiger partial charge in [0.05, 0.1) is 17.4 Å². The SMILES string of the molecule is Oc1ccc(Cl)cc1-c1csc(N2N=C(c3ccc4c(c3)CCCC4)C[C@@H]2c2ccccc2)n1. The van der Waals surface area contributed by atoms with Crippen molar-refractivity contribution in [1.29, 1.82) is 0 Å². The van der Waals surface area contributed by atoms with Crippen LogP contribution in [-0.4, -0.2) is 15.8 Å². The predicted molar refractivity (Wildman–Crippen MR) is 140 cm³/mol. The Bertz CT molecular complexity index is 1380. The molecule has 0 amide bonds. The normalized spacial score (nSPS) is 17.5. The largest absolute Gasteiger partial charge is 0.507 e. The number of fused-ring (bicyclic) bond motifs is 1. The molecule has 1 aromatic heterocycles. The lowest BCUT2D eigenvalue weighted by Gasteiger charge is -2.21.